The highest BCUT2D eigenvalue weighted by Gasteiger charge is 2.23. The van der Waals surface area contributed by atoms with Crippen LogP contribution in [-0.2, 0) is 4.79 Å². The van der Waals surface area contributed by atoms with Crippen molar-refractivity contribution >= 4 is 11.7 Å². The van der Waals surface area contributed by atoms with Crippen molar-refractivity contribution in [3.05, 3.63) is 70.3 Å². The number of benzene rings is 2. The summed E-state index contributed by atoms with van der Waals surface area (Å²) in [5.41, 5.74) is 7.82. The van der Waals surface area contributed by atoms with Gasteiger partial charge in [-0.1, -0.05) is 29.8 Å². The fourth-order valence-corrected chi connectivity index (χ4v) is 4.30. The fraction of sp³-hybridized carbons (Fsp3) is 0.370. The number of aromatic nitrogens is 2. The molecule has 1 amide bonds. The zero-order valence-corrected chi connectivity index (χ0v) is 20.2. The van der Waals surface area contributed by atoms with Gasteiger partial charge in [0.05, 0.1) is 5.69 Å². The number of amides is 1. The molecule has 6 heteroatoms. The predicted octanol–water partition coefficient (Wildman–Crippen LogP) is 4.41. The Hall–Kier alpha value is -3.41. The molecular weight excluding hydrogens is 412 g/mol. The van der Waals surface area contributed by atoms with E-state index in [2.05, 4.69) is 60.1 Å². The molecule has 172 valence electrons. The van der Waals surface area contributed by atoms with Gasteiger partial charge in [-0.25, -0.2) is 0 Å². The van der Waals surface area contributed by atoms with Crippen LogP contribution < -0.4 is 9.64 Å². The predicted molar refractivity (Wildman–Crippen MR) is 132 cm³/mol. The van der Waals surface area contributed by atoms with Gasteiger partial charge in [0.1, 0.15) is 5.75 Å². The van der Waals surface area contributed by atoms with Crippen molar-refractivity contribution in [1.29, 1.82) is 0 Å². The number of aryl methyl sites for hydroxylation is 4. The number of hydrogen-bond donors (Lipinski definition) is 0. The van der Waals surface area contributed by atoms with E-state index in [1.807, 2.05) is 36.9 Å². The van der Waals surface area contributed by atoms with Crippen LogP contribution in [0.25, 0.3) is 11.3 Å². The maximum absolute atomic E-state index is 12.7. The van der Waals surface area contributed by atoms with Gasteiger partial charge >= 0.3 is 0 Å². The lowest BCUT2D eigenvalue weighted by atomic mass is 10.0. The topological polar surface area (TPSA) is 58.6 Å². The molecule has 3 aromatic rings. The first-order valence-corrected chi connectivity index (χ1v) is 11.5. The molecule has 4 rings (SSSR count). The normalized spacial score (nSPS) is 13.8. The molecule has 0 unspecified atom stereocenters. The van der Waals surface area contributed by atoms with Crippen molar-refractivity contribution in [2.45, 2.75) is 34.6 Å². The maximum atomic E-state index is 12.7. The van der Waals surface area contributed by atoms with Gasteiger partial charge in [-0.2, -0.15) is 0 Å². The Kier molecular flexibility index (Phi) is 6.63. The summed E-state index contributed by atoms with van der Waals surface area (Å²) in [6, 6.07) is 14.5. The Morgan fingerprint density at radius 3 is 2.24 bits per heavy atom. The number of anilines is 1. The number of hydrogen-bond acceptors (Lipinski definition) is 5. The Bertz CT molecular complexity index is 1150. The Balaban J connectivity index is 1.32. The van der Waals surface area contributed by atoms with Crippen LogP contribution in [0.5, 0.6) is 5.75 Å². The Morgan fingerprint density at radius 2 is 1.58 bits per heavy atom. The number of piperazine rings is 1. The lowest BCUT2D eigenvalue weighted by molar-refractivity contribution is -0.133. The molecule has 0 aliphatic carbocycles. The minimum Gasteiger partial charge on any atom is -0.483 e. The molecule has 1 aromatic heterocycles. The van der Waals surface area contributed by atoms with Gasteiger partial charge in [0.25, 0.3) is 5.91 Å². The minimum absolute atomic E-state index is 0.0180. The van der Waals surface area contributed by atoms with Gasteiger partial charge in [0.15, 0.2) is 12.4 Å². The second kappa shape index (κ2) is 9.61. The molecular formula is C27H32N4O2. The standard InChI is InChI=1S/C27H32N4O2/c1-18-6-7-23(21(4)14-18)24-8-9-26(29-28-24)30-10-12-31(13-11-30)27(32)17-33-25-16-19(2)15-20(3)22(25)5/h6-9,14-16H,10-13,17H2,1-5H3. The first-order valence-electron chi connectivity index (χ1n) is 11.5. The third kappa shape index (κ3) is 5.16. The number of nitrogens with zero attached hydrogens (tertiary/aromatic N) is 4. The van der Waals surface area contributed by atoms with Gasteiger partial charge in [-0.3, -0.25) is 4.79 Å². The molecule has 2 heterocycles. The van der Waals surface area contributed by atoms with Gasteiger partial charge in [0.2, 0.25) is 0 Å². The van der Waals surface area contributed by atoms with E-state index in [0.29, 0.717) is 13.1 Å². The van der Waals surface area contributed by atoms with Crippen LogP contribution in [-0.4, -0.2) is 53.8 Å². The van der Waals surface area contributed by atoms with Crippen LogP contribution in [0.15, 0.2) is 42.5 Å². The molecule has 0 N–H and O–H groups in total. The molecule has 1 aliphatic rings. The highest BCUT2D eigenvalue weighted by molar-refractivity contribution is 5.78. The lowest BCUT2D eigenvalue weighted by Crippen LogP contribution is -2.50. The second-order valence-corrected chi connectivity index (χ2v) is 8.96. The summed E-state index contributed by atoms with van der Waals surface area (Å²) in [6.45, 7) is 13.1. The van der Waals surface area contributed by atoms with Crippen LogP contribution in [0, 0.1) is 34.6 Å². The summed E-state index contributed by atoms with van der Waals surface area (Å²) in [7, 11) is 0. The zero-order valence-electron chi connectivity index (χ0n) is 20.2. The average Bonchev–Trinajstić information content (AvgIpc) is 2.80. The Morgan fingerprint density at radius 1 is 0.848 bits per heavy atom. The van der Waals surface area contributed by atoms with E-state index in [9.17, 15) is 4.79 Å². The van der Waals surface area contributed by atoms with Crippen molar-refractivity contribution in [2.75, 3.05) is 37.7 Å². The van der Waals surface area contributed by atoms with Crippen molar-refractivity contribution < 1.29 is 9.53 Å². The molecule has 33 heavy (non-hydrogen) atoms. The molecule has 0 bridgehead atoms. The number of ether oxygens (including phenoxy) is 1. The summed E-state index contributed by atoms with van der Waals surface area (Å²) in [5, 5.41) is 8.92. The van der Waals surface area contributed by atoms with Gasteiger partial charge < -0.3 is 14.5 Å². The SMILES string of the molecule is Cc1ccc(-c2ccc(N3CCN(C(=O)COc4cc(C)cc(C)c4C)CC3)nn2)c(C)c1. The van der Waals surface area contributed by atoms with E-state index >= 15 is 0 Å². The fourth-order valence-electron chi connectivity index (χ4n) is 4.30. The molecule has 1 aliphatic heterocycles. The van der Waals surface area contributed by atoms with Crippen LogP contribution >= 0.6 is 0 Å². The molecule has 1 saturated heterocycles. The van der Waals surface area contributed by atoms with Crippen molar-refractivity contribution in [3.63, 3.8) is 0 Å². The molecule has 0 saturated carbocycles. The summed E-state index contributed by atoms with van der Waals surface area (Å²) < 4.78 is 5.87. The molecule has 0 radical (unpaired) electrons. The quantitative estimate of drug-likeness (QED) is 0.583. The second-order valence-electron chi connectivity index (χ2n) is 8.96. The van der Waals surface area contributed by atoms with E-state index in [1.165, 1.54) is 16.7 Å². The number of carbonyl (C=O) groups is 1. The van der Waals surface area contributed by atoms with Gasteiger partial charge in [-0.05, 0) is 75.1 Å². The zero-order chi connectivity index (χ0) is 23.5. The van der Waals surface area contributed by atoms with Crippen LogP contribution in [0.3, 0.4) is 0 Å². The molecule has 0 spiro atoms. The van der Waals surface area contributed by atoms with Gasteiger partial charge in [-0.15, -0.1) is 10.2 Å². The Labute approximate surface area is 196 Å². The largest absolute Gasteiger partial charge is 0.483 e. The molecule has 0 atom stereocenters. The third-order valence-electron chi connectivity index (χ3n) is 6.38. The number of carbonyl (C=O) groups excluding carboxylic acids is 1. The highest BCUT2D eigenvalue weighted by Crippen LogP contribution is 2.25. The van der Waals surface area contributed by atoms with E-state index in [1.54, 1.807) is 0 Å². The van der Waals surface area contributed by atoms with E-state index < -0.39 is 0 Å². The van der Waals surface area contributed by atoms with Crippen molar-refractivity contribution in [3.8, 4) is 17.0 Å². The van der Waals surface area contributed by atoms with Crippen LogP contribution in [0.4, 0.5) is 5.82 Å². The molecule has 1 fully saturated rings. The molecule has 2 aromatic carbocycles. The maximum Gasteiger partial charge on any atom is 0.260 e. The van der Waals surface area contributed by atoms with Crippen molar-refractivity contribution in [1.82, 2.24) is 15.1 Å². The summed E-state index contributed by atoms with van der Waals surface area (Å²) in [5.74, 6) is 1.65. The lowest BCUT2D eigenvalue weighted by Gasteiger charge is -2.35. The summed E-state index contributed by atoms with van der Waals surface area (Å²) in [4.78, 5) is 16.8. The first-order chi connectivity index (χ1) is 15.8. The van der Waals surface area contributed by atoms with Crippen molar-refractivity contribution in [2.24, 2.45) is 0 Å². The highest BCUT2D eigenvalue weighted by atomic mass is 16.5. The van der Waals surface area contributed by atoms with E-state index in [4.69, 9.17) is 4.74 Å². The van der Waals surface area contributed by atoms with E-state index in [-0.39, 0.29) is 12.5 Å². The van der Waals surface area contributed by atoms with Crippen LogP contribution in [0.1, 0.15) is 27.8 Å². The van der Waals surface area contributed by atoms with Crippen LogP contribution in [0.2, 0.25) is 0 Å². The van der Waals surface area contributed by atoms with Gasteiger partial charge in [0, 0.05) is 31.7 Å². The monoisotopic (exact) mass is 444 g/mol. The average molecular weight is 445 g/mol. The third-order valence-corrected chi connectivity index (χ3v) is 6.38. The summed E-state index contributed by atoms with van der Waals surface area (Å²) >= 11 is 0. The minimum atomic E-state index is 0.0180. The first kappa shape index (κ1) is 22.8. The summed E-state index contributed by atoms with van der Waals surface area (Å²) in [6.07, 6.45) is 0. The smallest absolute Gasteiger partial charge is 0.260 e. The molecule has 6 nitrogen and oxygen atoms in total. The number of rotatable bonds is 5. The van der Waals surface area contributed by atoms with E-state index in [0.717, 1.165) is 47.0 Å².